The van der Waals surface area contributed by atoms with Gasteiger partial charge in [0.15, 0.2) is 0 Å². The van der Waals surface area contributed by atoms with Crippen LogP contribution < -0.4 is 10.6 Å². The van der Waals surface area contributed by atoms with Crippen molar-refractivity contribution in [2.75, 3.05) is 19.8 Å². The zero-order valence-electron chi connectivity index (χ0n) is 5.55. The quantitative estimate of drug-likeness (QED) is 0.473. The Morgan fingerprint density at radius 3 is 3.30 bits per heavy atom. The number of carbonyl (C=O) groups excluding carboxylic acids is 1. The molecule has 4 heteroatoms. The molecule has 0 unspecified atom stereocenters. The van der Waals surface area contributed by atoms with Crippen LogP contribution in [0, 0.1) is 0 Å². The predicted molar refractivity (Wildman–Crippen MR) is 36.2 cm³/mol. The fraction of sp³-hybridized carbons (Fsp3) is 0.500. The van der Waals surface area contributed by atoms with Crippen LogP contribution in [0.1, 0.15) is 0 Å². The number of hydrogen-bond donors (Lipinski definition) is 2. The van der Waals surface area contributed by atoms with Gasteiger partial charge in [-0.15, -0.1) is 0 Å². The molecule has 2 N–H and O–H groups in total. The second-order valence-electron chi connectivity index (χ2n) is 2.39. The summed E-state index contributed by atoms with van der Waals surface area (Å²) >= 11 is 0. The molecule has 2 aliphatic rings. The van der Waals surface area contributed by atoms with Crippen molar-refractivity contribution in [1.29, 1.82) is 0 Å². The van der Waals surface area contributed by atoms with Crippen LogP contribution in [0.15, 0.2) is 11.8 Å². The molecule has 0 aliphatic carbocycles. The van der Waals surface area contributed by atoms with Crippen LogP contribution in [0.2, 0.25) is 0 Å². The SMILES string of the molecule is O=C1NCC=C2CNCN12. The minimum absolute atomic E-state index is 0.0162. The lowest BCUT2D eigenvalue weighted by Crippen LogP contribution is -2.41. The van der Waals surface area contributed by atoms with E-state index in [9.17, 15) is 4.79 Å². The third-order valence-corrected chi connectivity index (χ3v) is 1.76. The van der Waals surface area contributed by atoms with Gasteiger partial charge in [-0.3, -0.25) is 10.2 Å². The number of fused-ring (bicyclic) bond motifs is 1. The standard InChI is InChI=1S/C6H9N3O/c10-6-8-2-1-5-3-7-4-9(5)6/h1,7H,2-4H2,(H,8,10). The Morgan fingerprint density at radius 1 is 1.60 bits per heavy atom. The first-order valence-corrected chi connectivity index (χ1v) is 3.33. The van der Waals surface area contributed by atoms with E-state index in [4.69, 9.17) is 0 Å². The molecule has 0 saturated carbocycles. The van der Waals surface area contributed by atoms with Gasteiger partial charge in [0.25, 0.3) is 0 Å². The van der Waals surface area contributed by atoms with Gasteiger partial charge < -0.3 is 5.32 Å². The first kappa shape index (κ1) is 5.73. The Kier molecular flexibility index (Phi) is 1.14. The molecule has 1 fully saturated rings. The smallest absolute Gasteiger partial charge is 0.323 e. The van der Waals surface area contributed by atoms with Crippen LogP contribution in [-0.4, -0.2) is 30.7 Å². The highest BCUT2D eigenvalue weighted by molar-refractivity contribution is 5.78. The zero-order chi connectivity index (χ0) is 6.97. The van der Waals surface area contributed by atoms with E-state index in [2.05, 4.69) is 10.6 Å². The van der Waals surface area contributed by atoms with Gasteiger partial charge >= 0.3 is 6.03 Å². The summed E-state index contributed by atoms with van der Waals surface area (Å²) in [7, 11) is 0. The van der Waals surface area contributed by atoms with Crippen LogP contribution in [0.4, 0.5) is 4.79 Å². The van der Waals surface area contributed by atoms with E-state index in [0.717, 1.165) is 12.2 Å². The van der Waals surface area contributed by atoms with E-state index >= 15 is 0 Å². The van der Waals surface area contributed by atoms with Crippen LogP contribution in [0.3, 0.4) is 0 Å². The molecule has 1 saturated heterocycles. The maximum atomic E-state index is 11.0. The Hall–Kier alpha value is -1.03. The molecule has 2 aliphatic heterocycles. The number of amides is 2. The third kappa shape index (κ3) is 0.690. The summed E-state index contributed by atoms with van der Waals surface area (Å²) in [5.74, 6) is 0. The summed E-state index contributed by atoms with van der Waals surface area (Å²) in [4.78, 5) is 12.7. The van der Waals surface area contributed by atoms with Crippen LogP contribution in [-0.2, 0) is 0 Å². The molecular formula is C6H9N3O. The van der Waals surface area contributed by atoms with Crippen molar-refractivity contribution in [1.82, 2.24) is 15.5 Å². The van der Waals surface area contributed by atoms with Crippen molar-refractivity contribution in [3.8, 4) is 0 Å². The first-order valence-electron chi connectivity index (χ1n) is 3.33. The zero-order valence-corrected chi connectivity index (χ0v) is 5.55. The van der Waals surface area contributed by atoms with Gasteiger partial charge in [-0.05, 0) is 6.08 Å². The maximum absolute atomic E-state index is 11.0. The lowest BCUT2D eigenvalue weighted by molar-refractivity contribution is 0.214. The van der Waals surface area contributed by atoms with Gasteiger partial charge in [0.2, 0.25) is 0 Å². The van der Waals surface area contributed by atoms with Crippen molar-refractivity contribution >= 4 is 6.03 Å². The normalized spacial score (nSPS) is 23.8. The average Bonchev–Trinajstić information content (AvgIpc) is 2.36. The summed E-state index contributed by atoms with van der Waals surface area (Å²) in [6, 6.07) is 0.0162. The Bertz CT molecular complexity index is 199. The van der Waals surface area contributed by atoms with Gasteiger partial charge in [-0.1, -0.05) is 0 Å². The summed E-state index contributed by atoms with van der Waals surface area (Å²) < 4.78 is 0. The number of carbonyl (C=O) groups is 1. The largest absolute Gasteiger partial charge is 0.334 e. The summed E-state index contributed by atoms with van der Waals surface area (Å²) in [6.07, 6.45) is 2.03. The van der Waals surface area contributed by atoms with E-state index in [1.54, 1.807) is 4.90 Å². The van der Waals surface area contributed by atoms with Crippen molar-refractivity contribution in [2.45, 2.75) is 0 Å². The molecule has 0 bridgehead atoms. The lowest BCUT2D eigenvalue weighted by Gasteiger charge is -2.21. The molecule has 2 rings (SSSR count). The minimum Gasteiger partial charge on any atom is -0.334 e. The van der Waals surface area contributed by atoms with Crippen molar-refractivity contribution in [3.63, 3.8) is 0 Å². The van der Waals surface area contributed by atoms with Gasteiger partial charge in [0.1, 0.15) is 0 Å². The highest BCUT2D eigenvalue weighted by atomic mass is 16.2. The highest BCUT2D eigenvalue weighted by Crippen LogP contribution is 2.10. The van der Waals surface area contributed by atoms with Crippen LogP contribution in [0.5, 0.6) is 0 Å². The second kappa shape index (κ2) is 1.98. The molecule has 54 valence electrons. The number of nitrogens with one attached hydrogen (secondary N) is 2. The van der Waals surface area contributed by atoms with Crippen LogP contribution in [0.25, 0.3) is 0 Å². The monoisotopic (exact) mass is 139 g/mol. The molecule has 0 aromatic heterocycles. The Labute approximate surface area is 58.9 Å². The van der Waals surface area contributed by atoms with Gasteiger partial charge in [-0.2, -0.15) is 0 Å². The highest BCUT2D eigenvalue weighted by Gasteiger charge is 2.24. The van der Waals surface area contributed by atoms with Crippen molar-refractivity contribution in [2.24, 2.45) is 0 Å². The molecule has 0 atom stereocenters. The maximum Gasteiger partial charge on any atom is 0.323 e. The molecular weight excluding hydrogens is 130 g/mol. The predicted octanol–water partition coefficient (Wildman–Crippen LogP) is -0.544. The van der Waals surface area contributed by atoms with Crippen LogP contribution >= 0.6 is 0 Å². The summed E-state index contributed by atoms with van der Waals surface area (Å²) in [5, 5.41) is 5.82. The first-order chi connectivity index (χ1) is 4.88. The Morgan fingerprint density at radius 2 is 2.50 bits per heavy atom. The van der Waals surface area contributed by atoms with E-state index in [-0.39, 0.29) is 6.03 Å². The fourth-order valence-corrected chi connectivity index (χ4v) is 1.23. The van der Waals surface area contributed by atoms with E-state index in [0.29, 0.717) is 13.2 Å². The summed E-state index contributed by atoms with van der Waals surface area (Å²) in [5.41, 5.74) is 1.10. The average molecular weight is 139 g/mol. The topological polar surface area (TPSA) is 44.4 Å². The van der Waals surface area contributed by atoms with Crippen molar-refractivity contribution in [3.05, 3.63) is 11.8 Å². The molecule has 2 amide bonds. The van der Waals surface area contributed by atoms with Gasteiger partial charge in [-0.25, -0.2) is 4.79 Å². The second-order valence-corrected chi connectivity index (χ2v) is 2.39. The molecule has 4 nitrogen and oxygen atoms in total. The molecule has 0 aromatic carbocycles. The number of rotatable bonds is 0. The van der Waals surface area contributed by atoms with E-state index < -0.39 is 0 Å². The fourth-order valence-electron chi connectivity index (χ4n) is 1.23. The number of urea groups is 1. The number of nitrogens with zero attached hydrogens (tertiary/aromatic N) is 1. The molecule has 0 spiro atoms. The van der Waals surface area contributed by atoms with Gasteiger partial charge in [0.05, 0.1) is 6.67 Å². The summed E-state index contributed by atoms with van der Waals surface area (Å²) in [6.45, 7) is 2.15. The lowest BCUT2D eigenvalue weighted by atomic mass is 10.3. The minimum atomic E-state index is 0.0162. The molecule has 10 heavy (non-hydrogen) atoms. The Balaban J connectivity index is 2.26. The molecule has 2 heterocycles. The van der Waals surface area contributed by atoms with Gasteiger partial charge in [0, 0.05) is 18.8 Å². The van der Waals surface area contributed by atoms with Crippen molar-refractivity contribution < 1.29 is 4.79 Å². The van der Waals surface area contributed by atoms with E-state index in [1.165, 1.54) is 0 Å². The molecule has 0 radical (unpaired) electrons. The van der Waals surface area contributed by atoms with E-state index in [1.807, 2.05) is 6.08 Å². The third-order valence-electron chi connectivity index (χ3n) is 1.76. The number of hydrogen-bond acceptors (Lipinski definition) is 2. The molecule has 0 aromatic rings.